The first-order valence-electron chi connectivity index (χ1n) is 11.5. The monoisotopic (exact) mass is 515 g/mol. The molecule has 0 aliphatic heterocycles. The van der Waals surface area contributed by atoms with Gasteiger partial charge in [-0.05, 0) is 48.0 Å². The summed E-state index contributed by atoms with van der Waals surface area (Å²) in [6.07, 6.45) is 0. The van der Waals surface area contributed by atoms with E-state index in [1.165, 1.54) is 13.0 Å². The van der Waals surface area contributed by atoms with E-state index >= 15 is 0 Å². The van der Waals surface area contributed by atoms with Crippen LogP contribution < -0.4 is 15.7 Å². The highest BCUT2D eigenvalue weighted by Gasteiger charge is 2.17. The summed E-state index contributed by atoms with van der Waals surface area (Å²) in [6, 6.07) is 17.7. The number of hydrogen-bond acceptors (Lipinski definition) is 7. The Labute approximate surface area is 213 Å². The number of ether oxygens (including phenoxy) is 1. The van der Waals surface area contributed by atoms with Crippen LogP contribution in [0.4, 0.5) is 5.69 Å². The molecule has 0 saturated heterocycles. The van der Waals surface area contributed by atoms with Gasteiger partial charge in [0.15, 0.2) is 4.80 Å². The minimum Gasteiger partial charge on any atom is -0.465 e. The maximum Gasteiger partial charge on any atom is 0.349 e. The quantitative estimate of drug-likeness (QED) is 0.213. The number of rotatable bonds is 5. The highest BCUT2D eigenvalue weighted by atomic mass is 32.1. The molecule has 0 radical (unpaired) electrons. The fourth-order valence-electron chi connectivity index (χ4n) is 4.10. The Morgan fingerprint density at radius 2 is 1.86 bits per heavy atom. The molecule has 2 aromatic heterocycles. The maximum absolute atomic E-state index is 13.3. The van der Waals surface area contributed by atoms with Gasteiger partial charge in [-0.15, -0.1) is 0 Å². The summed E-state index contributed by atoms with van der Waals surface area (Å²) in [5.41, 5.74) is 0.523. The summed E-state index contributed by atoms with van der Waals surface area (Å²) >= 11 is 1.14. The van der Waals surface area contributed by atoms with Gasteiger partial charge in [-0.25, -0.2) is 4.79 Å². The molecular weight excluding hydrogens is 494 g/mol. The number of aromatic nitrogens is 1. The van der Waals surface area contributed by atoms with Crippen molar-refractivity contribution < 1.29 is 23.5 Å². The summed E-state index contributed by atoms with van der Waals surface area (Å²) in [4.78, 5) is 54.2. The lowest BCUT2D eigenvalue weighted by Crippen LogP contribution is -2.24. The summed E-state index contributed by atoms with van der Waals surface area (Å²) in [5, 5.41) is 5.10. The molecule has 2 amide bonds. The Bertz CT molecular complexity index is 1850. The van der Waals surface area contributed by atoms with E-state index in [1.54, 1.807) is 35.8 Å². The summed E-state index contributed by atoms with van der Waals surface area (Å²) < 4.78 is 12.8. The molecule has 2 heterocycles. The Morgan fingerprint density at radius 3 is 2.65 bits per heavy atom. The lowest BCUT2D eigenvalue weighted by Gasteiger charge is -2.06. The van der Waals surface area contributed by atoms with E-state index in [-0.39, 0.29) is 29.4 Å². The molecule has 186 valence electrons. The van der Waals surface area contributed by atoms with Crippen molar-refractivity contribution in [2.45, 2.75) is 20.4 Å². The second-order valence-electron chi connectivity index (χ2n) is 8.20. The zero-order chi connectivity index (χ0) is 26.1. The lowest BCUT2D eigenvalue weighted by molar-refractivity contribution is -0.143. The van der Waals surface area contributed by atoms with Gasteiger partial charge in [0.1, 0.15) is 17.7 Å². The topological polar surface area (TPSA) is 120 Å². The van der Waals surface area contributed by atoms with Crippen LogP contribution in [0.2, 0.25) is 0 Å². The smallest absolute Gasteiger partial charge is 0.349 e. The van der Waals surface area contributed by atoms with Crippen molar-refractivity contribution in [3.05, 3.63) is 81.4 Å². The lowest BCUT2D eigenvalue weighted by atomic mass is 10.0. The Kier molecular flexibility index (Phi) is 6.41. The summed E-state index contributed by atoms with van der Waals surface area (Å²) in [7, 11) is 0. The highest BCUT2D eigenvalue weighted by Crippen LogP contribution is 2.25. The largest absolute Gasteiger partial charge is 0.465 e. The molecule has 0 aliphatic carbocycles. The van der Waals surface area contributed by atoms with E-state index in [4.69, 9.17) is 9.15 Å². The number of carbonyl (C=O) groups excluding carboxylic acids is 3. The van der Waals surface area contributed by atoms with E-state index in [2.05, 4.69) is 10.3 Å². The fourth-order valence-corrected chi connectivity index (χ4v) is 5.16. The van der Waals surface area contributed by atoms with Gasteiger partial charge in [0.2, 0.25) is 5.91 Å². The summed E-state index contributed by atoms with van der Waals surface area (Å²) in [5.74, 6) is -1.53. The van der Waals surface area contributed by atoms with Gasteiger partial charge < -0.3 is 19.0 Å². The van der Waals surface area contributed by atoms with Crippen LogP contribution in [-0.2, 0) is 20.9 Å². The molecule has 1 N–H and O–H groups in total. The van der Waals surface area contributed by atoms with Gasteiger partial charge in [0.05, 0.1) is 16.8 Å². The predicted octanol–water partition coefficient (Wildman–Crippen LogP) is 4.23. The SMILES string of the molecule is CCOC(=O)Cn1c(=NC(=O)c2cc3c(ccc4ccccc43)oc2=O)sc2cc(NC(C)=O)ccc21. The minimum absolute atomic E-state index is 0.184. The molecule has 5 rings (SSSR count). The molecule has 9 nitrogen and oxygen atoms in total. The number of nitrogens with one attached hydrogen (secondary N) is 1. The Hall–Kier alpha value is -4.57. The number of hydrogen-bond donors (Lipinski definition) is 1. The third-order valence-electron chi connectivity index (χ3n) is 5.67. The first-order valence-corrected chi connectivity index (χ1v) is 12.3. The molecule has 0 spiro atoms. The van der Waals surface area contributed by atoms with Crippen molar-refractivity contribution in [1.82, 2.24) is 4.57 Å². The van der Waals surface area contributed by atoms with E-state index in [0.29, 0.717) is 26.9 Å². The number of nitrogens with zero attached hydrogens (tertiary/aromatic N) is 2. The Morgan fingerprint density at radius 1 is 1.05 bits per heavy atom. The second kappa shape index (κ2) is 9.82. The first kappa shape index (κ1) is 24.1. The van der Waals surface area contributed by atoms with Crippen LogP contribution in [-0.4, -0.2) is 29.0 Å². The first-order chi connectivity index (χ1) is 17.8. The zero-order valence-corrected chi connectivity index (χ0v) is 20.8. The number of benzene rings is 3. The van der Waals surface area contributed by atoms with Crippen LogP contribution >= 0.6 is 11.3 Å². The number of amides is 2. The number of anilines is 1. The van der Waals surface area contributed by atoms with E-state index in [1.807, 2.05) is 30.3 Å². The van der Waals surface area contributed by atoms with Crippen LogP contribution in [0.3, 0.4) is 0 Å². The number of thiazole rings is 1. The predicted molar refractivity (Wildman–Crippen MR) is 141 cm³/mol. The van der Waals surface area contributed by atoms with Crippen LogP contribution in [0, 0.1) is 0 Å². The highest BCUT2D eigenvalue weighted by molar-refractivity contribution is 7.16. The molecule has 0 fully saturated rings. The molecular formula is C27H21N3O6S. The van der Waals surface area contributed by atoms with Crippen molar-refractivity contribution in [2.75, 3.05) is 11.9 Å². The van der Waals surface area contributed by atoms with Gasteiger partial charge in [0.25, 0.3) is 5.91 Å². The molecule has 0 saturated carbocycles. The van der Waals surface area contributed by atoms with Crippen LogP contribution in [0.15, 0.2) is 74.9 Å². The van der Waals surface area contributed by atoms with Crippen LogP contribution in [0.5, 0.6) is 0 Å². The van der Waals surface area contributed by atoms with Crippen molar-refractivity contribution in [3.8, 4) is 0 Å². The maximum atomic E-state index is 13.3. The minimum atomic E-state index is -0.803. The zero-order valence-electron chi connectivity index (χ0n) is 19.9. The molecule has 10 heteroatoms. The van der Waals surface area contributed by atoms with E-state index in [9.17, 15) is 19.2 Å². The van der Waals surface area contributed by atoms with Gasteiger partial charge in [-0.3, -0.25) is 14.4 Å². The average molecular weight is 516 g/mol. The molecule has 0 atom stereocenters. The number of carbonyl (C=O) groups is 3. The van der Waals surface area contributed by atoms with Gasteiger partial charge in [0, 0.05) is 18.0 Å². The van der Waals surface area contributed by atoms with E-state index in [0.717, 1.165) is 22.1 Å². The third-order valence-corrected chi connectivity index (χ3v) is 6.71. The third kappa shape index (κ3) is 4.78. The molecule has 37 heavy (non-hydrogen) atoms. The standard InChI is InChI=1S/C27H21N3O6S/c1-3-35-24(32)14-30-21-10-9-17(28-15(2)31)12-23(21)37-27(30)29-25(33)20-13-19-18-7-5-4-6-16(18)8-11-22(19)36-26(20)34/h4-13H,3,14H2,1-2H3,(H,28,31). The van der Waals surface area contributed by atoms with Gasteiger partial charge in [-0.2, -0.15) is 4.99 Å². The number of fused-ring (bicyclic) bond motifs is 4. The molecule has 0 bridgehead atoms. The number of esters is 1. The summed E-state index contributed by atoms with van der Waals surface area (Å²) in [6.45, 7) is 3.12. The second-order valence-corrected chi connectivity index (χ2v) is 9.21. The molecule has 0 aliphatic rings. The molecule has 0 unspecified atom stereocenters. The van der Waals surface area contributed by atoms with Crippen LogP contribution in [0.1, 0.15) is 24.2 Å². The molecule has 3 aromatic carbocycles. The van der Waals surface area contributed by atoms with Gasteiger partial charge >= 0.3 is 11.6 Å². The van der Waals surface area contributed by atoms with Gasteiger partial charge in [-0.1, -0.05) is 41.7 Å². The fraction of sp³-hybridized carbons (Fsp3) is 0.148. The van der Waals surface area contributed by atoms with E-state index < -0.39 is 17.5 Å². The Balaban J connectivity index is 1.66. The van der Waals surface area contributed by atoms with Crippen molar-refractivity contribution in [3.63, 3.8) is 0 Å². The molecule has 5 aromatic rings. The van der Waals surface area contributed by atoms with Crippen LogP contribution in [0.25, 0.3) is 32.0 Å². The normalized spacial score (nSPS) is 11.8. The van der Waals surface area contributed by atoms with Crippen molar-refractivity contribution in [2.24, 2.45) is 4.99 Å². The van der Waals surface area contributed by atoms with Crippen molar-refractivity contribution in [1.29, 1.82) is 0 Å². The van der Waals surface area contributed by atoms with Crippen molar-refractivity contribution >= 4 is 66.8 Å². The average Bonchev–Trinajstić information content (AvgIpc) is 3.18.